The number of nitrogens with one attached hydrogen (secondary N) is 1. The maximum atomic E-state index is 12.6. The Morgan fingerprint density at radius 2 is 1.89 bits per heavy atom. The average Bonchev–Trinajstić information content (AvgIpc) is 3.24. The Bertz CT molecular complexity index is 904. The molecule has 1 aromatic carbocycles. The van der Waals surface area contributed by atoms with Crippen LogP contribution in [0.3, 0.4) is 0 Å². The number of hydrogen-bond acceptors (Lipinski definition) is 6. The smallest absolute Gasteiger partial charge is 0.252 e. The van der Waals surface area contributed by atoms with Crippen LogP contribution in [0.4, 0.5) is 0 Å². The summed E-state index contributed by atoms with van der Waals surface area (Å²) in [5, 5.41) is 4.77. The van der Waals surface area contributed by atoms with Gasteiger partial charge in [0.25, 0.3) is 10.0 Å². The lowest BCUT2D eigenvalue weighted by Crippen LogP contribution is -2.46. The van der Waals surface area contributed by atoms with Crippen LogP contribution in [0.2, 0.25) is 0 Å². The monoisotopic (exact) mass is 424 g/mol. The molecule has 0 spiro atoms. The second-order valence-corrected chi connectivity index (χ2v) is 9.66. The molecule has 28 heavy (non-hydrogen) atoms. The first-order valence-electron chi connectivity index (χ1n) is 8.98. The highest BCUT2D eigenvalue weighted by Crippen LogP contribution is 2.28. The molecule has 0 atom stereocenters. The van der Waals surface area contributed by atoms with Crippen LogP contribution < -0.4 is 14.8 Å². The van der Waals surface area contributed by atoms with Crippen LogP contribution in [-0.2, 0) is 21.2 Å². The molecule has 1 saturated heterocycles. The molecule has 0 aliphatic carbocycles. The molecule has 2 aromatic rings. The molecule has 1 aliphatic rings. The van der Waals surface area contributed by atoms with Crippen LogP contribution in [0.5, 0.6) is 11.5 Å². The van der Waals surface area contributed by atoms with Crippen molar-refractivity contribution < 1.29 is 22.7 Å². The van der Waals surface area contributed by atoms with Crippen molar-refractivity contribution in [1.82, 2.24) is 9.62 Å². The number of methoxy groups -OCH3 is 2. The number of thiophene rings is 1. The number of benzene rings is 1. The van der Waals surface area contributed by atoms with Crippen molar-refractivity contribution in [2.24, 2.45) is 0 Å². The van der Waals surface area contributed by atoms with E-state index in [9.17, 15) is 13.2 Å². The first-order chi connectivity index (χ1) is 13.4. The van der Waals surface area contributed by atoms with Gasteiger partial charge in [-0.2, -0.15) is 4.31 Å². The van der Waals surface area contributed by atoms with Gasteiger partial charge in [0, 0.05) is 19.1 Å². The highest BCUT2D eigenvalue weighted by Gasteiger charge is 2.30. The van der Waals surface area contributed by atoms with Gasteiger partial charge in [0.1, 0.15) is 4.21 Å². The minimum atomic E-state index is -3.42. The quantitative estimate of drug-likeness (QED) is 0.737. The van der Waals surface area contributed by atoms with Crippen molar-refractivity contribution >= 4 is 27.3 Å². The first kappa shape index (κ1) is 20.6. The van der Waals surface area contributed by atoms with Gasteiger partial charge in [-0.15, -0.1) is 11.3 Å². The van der Waals surface area contributed by atoms with Gasteiger partial charge in [-0.05, 0) is 42.0 Å². The summed E-state index contributed by atoms with van der Waals surface area (Å²) < 4.78 is 37.4. The lowest BCUT2D eigenvalue weighted by molar-refractivity contribution is -0.121. The van der Waals surface area contributed by atoms with Crippen LogP contribution in [0.15, 0.2) is 39.9 Å². The Kier molecular flexibility index (Phi) is 6.58. The van der Waals surface area contributed by atoms with Crippen LogP contribution in [-0.4, -0.2) is 52.0 Å². The van der Waals surface area contributed by atoms with E-state index in [1.807, 2.05) is 6.07 Å². The third-order valence-corrected chi connectivity index (χ3v) is 7.99. The second kappa shape index (κ2) is 8.93. The molecule has 0 unspecified atom stereocenters. The number of rotatable bonds is 7. The number of carbonyl (C=O) groups excluding carboxylic acids is 1. The van der Waals surface area contributed by atoms with Crippen LogP contribution in [0, 0.1) is 0 Å². The van der Waals surface area contributed by atoms with Crippen molar-refractivity contribution in [2.75, 3.05) is 27.3 Å². The van der Waals surface area contributed by atoms with Gasteiger partial charge in [-0.3, -0.25) is 4.79 Å². The number of ether oxygens (including phenoxy) is 2. The Balaban J connectivity index is 1.53. The lowest BCUT2D eigenvalue weighted by atomic mass is 10.1. The van der Waals surface area contributed by atoms with Crippen LogP contribution >= 0.6 is 11.3 Å². The molecular formula is C19H24N2O5S2. The number of amides is 1. The molecule has 152 valence electrons. The SMILES string of the molecule is COc1ccc(CC(=O)NC2CCN(S(=O)(=O)c3cccs3)CC2)cc1OC. The summed E-state index contributed by atoms with van der Waals surface area (Å²) in [5.41, 5.74) is 0.827. The molecule has 1 N–H and O–H groups in total. The topological polar surface area (TPSA) is 84.9 Å². The maximum Gasteiger partial charge on any atom is 0.252 e. The maximum absolute atomic E-state index is 12.6. The summed E-state index contributed by atoms with van der Waals surface area (Å²) in [5.74, 6) is 1.11. The number of piperidine rings is 1. The average molecular weight is 425 g/mol. The van der Waals surface area contributed by atoms with E-state index in [1.165, 1.54) is 15.6 Å². The van der Waals surface area contributed by atoms with Crippen molar-refractivity contribution in [3.05, 3.63) is 41.3 Å². The van der Waals surface area contributed by atoms with E-state index >= 15 is 0 Å². The third kappa shape index (κ3) is 4.65. The first-order valence-corrected chi connectivity index (χ1v) is 11.3. The molecule has 0 saturated carbocycles. The highest BCUT2D eigenvalue weighted by atomic mass is 32.2. The Labute approximate surface area is 169 Å². The predicted octanol–water partition coefficient (Wildman–Crippen LogP) is 2.28. The summed E-state index contributed by atoms with van der Waals surface area (Å²) in [4.78, 5) is 12.4. The molecule has 3 rings (SSSR count). The van der Waals surface area contributed by atoms with Crippen molar-refractivity contribution in [2.45, 2.75) is 29.5 Å². The molecule has 1 fully saturated rings. The minimum Gasteiger partial charge on any atom is -0.493 e. The summed E-state index contributed by atoms with van der Waals surface area (Å²) in [6, 6.07) is 8.72. The van der Waals surface area contributed by atoms with Gasteiger partial charge in [0.05, 0.1) is 20.6 Å². The zero-order chi connectivity index (χ0) is 20.1. The molecule has 2 heterocycles. The summed E-state index contributed by atoms with van der Waals surface area (Å²) >= 11 is 1.22. The Morgan fingerprint density at radius 1 is 1.18 bits per heavy atom. The Hall–Kier alpha value is -2.10. The van der Waals surface area contributed by atoms with E-state index in [-0.39, 0.29) is 18.4 Å². The molecular weight excluding hydrogens is 400 g/mol. The summed E-state index contributed by atoms with van der Waals surface area (Å²) in [6.07, 6.45) is 1.43. The van der Waals surface area contributed by atoms with E-state index in [0.29, 0.717) is 41.6 Å². The molecule has 1 amide bonds. The van der Waals surface area contributed by atoms with E-state index in [0.717, 1.165) is 5.56 Å². The van der Waals surface area contributed by atoms with Gasteiger partial charge in [0.15, 0.2) is 11.5 Å². The fraction of sp³-hybridized carbons (Fsp3) is 0.421. The van der Waals surface area contributed by atoms with Crippen molar-refractivity contribution in [3.8, 4) is 11.5 Å². The predicted molar refractivity (Wildman–Crippen MR) is 107 cm³/mol. The molecule has 1 aliphatic heterocycles. The normalized spacial score (nSPS) is 15.9. The standard InChI is InChI=1S/C19H24N2O5S2/c1-25-16-6-5-14(12-17(16)26-2)13-18(22)20-15-7-9-21(10-8-15)28(23,24)19-4-3-11-27-19/h3-6,11-12,15H,7-10,13H2,1-2H3,(H,20,22). The zero-order valence-corrected chi connectivity index (χ0v) is 17.5. The third-order valence-electron chi connectivity index (χ3n) is 4.72. The zero-order valence-electron chi connectivity index (χ0n) is 15.9. The van der Waals surface area contributed by atoms with Crippen molar-refractivity contribution in [3.63, 3.8) is 0 Å². The summed E-state index contributed by atoms with van der Waals surface area (Å²) in [7, 11) is -0.300. The van der Waals surface area contributed by atoms with Gasteiger partial charge >= 0.3 is 0 Å². The van der Waals surface area contributed by atoms with E-state index < -0.39 is 10.0 Å². The van der Waals surface area contributed by atoms with E-state index in [4.69, 9.17) is 9.47 Å². The summed E-state index contributed by atoms with van der Waals surface area (Å²) in [6.45, 7) is 0.809. The largest absolute Gasteiger partial charge is 0.493 e. The second-order valence-electron chi connectivity index (χ2n) is 6.54. The van der Waals surface area contributed by atoms with E-state index in [1.54, 1.807) is 43.9 Å². The van der Waals surface area contributed by atoms with E-state index in [2.05, 4.69) is 5.32 Å². The molecule has 0 bridgehead atoms. The Morgan fingerprint density at radius 3 is 2.50 bits per heavy atom. The fourth-order valence-electron chi connectivity index (χ4n) is 3.23. The van der Waals surface area contributed by atoms with Crippen LogP contribution in [0.25, 0.3) is 0 Å². The van der Waals surface area contributed by atoms with Gasteiger partial charge in [-0.1, -0.05) is 12.1 Å². The number of carbonyl (C=O) groups is 1. The molecule has 7 nitrogen and oxygen atoms in total. The molecule has 0 radical (unpaired) electrons. The molecule has 1 aromatic heterocycles. The number of nitrogens with zero attached hydrogens (tertiary/aromatic N) is 1. The number of sulfonamides is 1. The van der Waals surface area contributed by atoms with Gasteiger partial charge < -0.3 is 14.8 Å². The molecule has 9 heteroatoms. The van der Waals surface area contributed by atoms with Crippen molar-refractivity contribution in [1.29, 1.82) is 0 Å². The van der Waals surface area contributed by atoms with Crippen LogP contribution in [0.1, 0.15) is 18.4 Å². The lowest BCUT2D eigenvalue weighted by Gasteiger charge is -2.31. The minimum absolute atomic E-state index is 0.0255. The van der Waals surface area contributed by atoms with Gasteiger partial charge in [-0.25, -0.2) is 8.42 Å². The fourth-order valence-corrected chi connectivity index (χ4v) is 5.85. The number of hydrogen-bond donors (Lipinski definition) is 1. The van der Waals surface area contributed by atoms with Gasteiger partial charge in [0.2, 0.25) is 5.91 Å². The highest BCUT2D eigenvalue weighted by molar-refractivity contribution is 7.91.